The second-order valence-electron chi connectivity index (χ2n) is 4.08. The largest absolute Gasteiger partial charge is 0.325 e. The molecule has 2 heterocycles. The summed E-state index contributed by atoms with van der Waals surface area (Å²) >= 11 is 0. The molecule has 8 nitrogen and oxygen atoms in total. The molecule has 0 unspecified atom stereocenters. The average molecular weight is 274 g/mol. The van der Waals surface area contributed by atoms with Gasteiger partial charge in [0.2, 0.25) is 10.0 Å². The fourth-order valence-electron chi connectivity index (χ4n) is 1.82. The Morgan fingerprint density at radius 2 is 1.89 bits per heavy atom. The zero-order valence-electron chi connectivity index (χ0n) is 9.52. The molecule has 0 aliphatic carbocycles. The molecule has 9 heteroatoms. The molecule has 1 fully saturated rings. The predicted molar refractivity (Wildman–Crippen MR) is 63.9 cm³/mol. The average Bonchev–Trinajstić information content (AvgIpc) is 2.29. The van der Waals surface area contributed by atoms with Crippen molar-refractivity contribution in [2.75, 3.05) is 13.1 Å². The van der Waals surface area contributed by atoms with Gasteiger partial charge in [0, 0.05) is 12.2 Å². The monoisotopic (exact) mass is 274 g/mol. The summed E-state index contributed by atoms with van der Waals surface area (Å²) in [5, 5.41) is 3.11. The van der Waals surface area contributed by atoms with Crippen LogP contribution in [0.3, 0.4) is 0 Å². The molecule has 0 amide bonds. The van der Waals surface area contributed by atoms with Crippen molar-refractivity contribution < 1.29 is 8.42 Å². The van der Waals surface area contributed by atoms with E-state index in [1.165, 1.54) is 0 Å². The maximum atomic E-state index is 12.0. The van der Waals surface area contributed by atoms with E-state index in [1.54, 1.807) is 0 Å². The third kappa shape index (κ3) is 2.86. The minimum atomic E-state index is -3.90. The number of H-pyrrole nitrogens is 2. The van der Waals surface area contributed by atoms with Crippen LogP contribution in [0.25, 0.3) is 0 Å². The lowest BCUT2D eigenvalue weighted by Crippen LogP contribution is -2.44. The minimum Gasteiger partial charge on any atom is -0.317 e. The summed E-state index contributed by atoms with van der Waals surface area (Å²) in [7, 11) is -3.90. The fraction of sp³-hybridized carbons (Fsp3) is 0.556. The standard InChI is InChI=1S/C9H14N4O4S/c14-8-7(5-11-9(15)12-8)18(16,17)13-6-1-3-10-4-2-6/h5-6,10,13H,1-4H2,(H2,11,12,14,15). The van der Waals surface area contributed by atoms with Gasteiger partial charge in [0.05, 0.1) is 0 Å². The van der Waals surface area contributed by atoms with Crippen LogP contribution in [0.15, 0.2) is 20.7 Å². The molecule has 0 saturated carbocycles. The van der Waals surface area contributed by atoms with Gasteiger partial charge < -0.3 is 10.3 Å². The van der Waals surface area contributed by atoms with E-state index in [9.17, 15) is 18.0 Å². The van der Waals surface area contributed by atoms with Crippen molar-refractivity contribution in [1.82, 2.24) is 20.0 Å². The van der Waals surface area contributed by atoms with E-state index in [0.29, 0.717) is 12.8 Å². The lowest BCUT2D eigenvalue weighted by atomic mass is 10.1. The highest BCUT2D eigenvalue weighted by atomic mass is 32.2. The summed E-state index contributed by atoms with van der Waals surface area (Å²) < 4.78 is 26.4. The maximum absolute atomic E-state index is 12.0. The van der Waals surface area contributed by atoms with Crippen molar-refractivity contribution in [3.8, 4) is 0 Å². The van der Waals surface area contributed by atoms with Crippen LogP contribution in [-0.4, -0.2) is 37.5 Å². The van der Waals surface area contributed by atoms with E-state index in [4.69, 9.17) is 0 Å². The molecule has 1 aromatic rings. The molecule has 1 aromatic heterocycles. The van der Waals surface area contributed by atoms with E-state index < -0.39 is 26.2 Å². The number of piperidine rings is 1. The van der Waals surface area contributed by atoms with Gasteiger partial charge in [-0.05, 0) is 25.9 Å². The number of hydrogen-bond donors (Lipinski definition) is 4. The van der Waals surface area contributed by atoms with Crippen LogP contribution in [0, 0.1) is 0 Å². The highest BCUT2D eigenvalue weighted by molar-refractivity contribution is 7.89. The molecule has 0 spiro atoms. The Hall–Kier alpha value is -1.45. The van der Waals surface area contributed by atoms with Gasteiger partial charge in [-0.15, -0.1) is 0 Å². The molecule has 0 atom stereocenters. The maximum Gasteiger partial charge on any atom is 0.325 e. The fourth-order valence-corrected chi connectivity index (χ4v) is 3.13. The molecule has 1 aliphatic heterocycles. The summed E-state index contributed by atoms with van der Waals surface area (Å²) in [6.07, 6.45) is 2.24. The van der Waals surface area contributed by atoms with Crippen LogP contribution in [0.5, 0.6) is 0 Å². The Bertz CT molecular complexity index is 626. The van der Waals surface area contributed by atoms with Gasteiger partial charge in [0.1, 0.15) is 0 Å². The number of aromatic nitrogens is 2. The van der Waals surface area contributed by atoms with E-state index >= 15 is 0 Å². The van der Waals surface area contributed by atoms with Gasteiger partial charge in [-0.1, -0.05) is 0 Å². The molecule has 2 rings (SSSR count). The third-order valence-electron chi connectivity index (χ3n) is 2.74. The topological polar surface area (TPSA) is 124 Å². The summed E-state index contributed by atoms with van der Waals surface area (Å²) in [6.45, 7) is 1.46. The summed E-state index contributed by atoms with van der Waals surface area (Å²) in [6, 6.07) is -0.192. The number of sulfonamides is 1. The number of aromatic amines is 2. The van der Waals surface area contributed by atoms with Crippen molar-refractivity contribution in [2.45, 2.75) is 23.8 Å². The van der Waals surface area contributed by atoms with Crippen LogP contribution in [-0.2, 0) is 10.0 Å². The smallest absolute Gasteiger partial charge is 0.317 e. The molecular formula is C9H14N4O4S. The van der Waals surface area contributed by atoms with Crippen molar-refractivity contribution in [3.05, 3.63) is 27.0 Å². The first-order valence-corrected chi connectivity index (χ1v) is 7.02. The van der Waals surface area contributed by atoms with Crippen LogP contribution >= 0.6 is 0 Å². The van der Waals surface area contributed by atoms with E-state index in [1.807, 2.05) is 4.98 Å². The Morgan fingerprint density at radius 3 is 2.50 bits per heavy atom. The van der Waals surface area contributed by atoms with Crippen molar-refractivity contribution in [1.29, 1.82) is 0 Å². The number of hydrogen-bond acceptors (Lipinski definition) is 5. The molecule has 1 aliphatic rings. The highest BCUT2D eigenvalue weighted by Gasteiger charge is 2.24. The predicted octanol–water partition coefficient (Wildman–Crippen LogP) is -1.91. The zero-order chi connectivity index (χ0) is 13.2. The van der Waals surface area contributed by atoms with Gasteiger partial charge in [-0.25, -0.2) is 17.9 Å². The van der Waals surface area contributed by atoms with Gasteiger partial charge in [-0.2, -0.15) is 0 Å². The number of nitrogens with one attached hydrogen (secondary N) is 4. The second kappa shape index (κ2) is 5.04. The summed E-state index contributed by atoms with van der Waals surface area (Å²) in [4.78, 5) is 25.8. The van der Waals surface area contributed by atoms with E-state index in [0.717, 1.165) is 19.3 Å². The molecule has 0 bridgehead atoms. The van der Waals surface area contributed by atoms with E-state index in [2.05, 4.69) is 15.0 Å². The normalized spacial score (nSPS) is 17.8. The van der Waals surface area contributed by atoms with Crippen LogP contribution < -0.4 is 21.3 Å². The Balaban J connectivity index is 2.24. The second-order valence-corrected chi connectivity index (χ2v) is 5.76. The molecular weight excluding hydrogens is 260 g/mol. The lowest BCUT2D eigenvalue weighted by Gasteiger charge is -2.23. The molecule has 0 radical (unpaired) electrons. The first-order valence-electron chi connectivity index (χ1n) is 5.54. The lowest BCUT2D eigenvalue weighted by molar-refractivity contribution is 0.426. The first kappa shape index (κ1) is 13.0. The van der Waals surface area contributed by atoms with E-state index in [-0.39, 0.29) is 6.04 Å². The van der Waals surface area contributed by atoms with Crippen molar-refractivity contribution in [3.63, 3.8) is 0 Å². The first-order chi connectivity index (χ1) is 8.49. The van der Waals surface area contributed by atoms with Gasteiger partial charge >= 0.3 is 5.69 Å². The molecule has 100 valence electrons. The SMILES string of the molecule is O=c1[nH]cc(S(=O)(=O)NC2CCNCC2)c(=O)[nH]1. The quantitative estimate of drug-likeness (QED) is 0.512. The molecule has 4 N–H and O–H groups in total. The number of rotatable bonds is 3. The Labute approximate surface area is 103 Å². The molecule has 0 aromatic carbocycles. The van der Waals surface area contributed by atoms with Crippen LogP contribution in [0.1, 0.15) is 12.8 Å². The molecule has 18 heavy (non-hydrogen) atoms. The third-order valence-corrected chi connectivity index (χ3v) is 4.26. The Kier molecular flexibility index (Phi) is 3.64. The molecule has 1 saturated heterocycles. The minimum absolute atomic E-state index is 0.192. The summed E-state index contributed by atoms with van der Waals surface area (Å²) in [5.41, 5.74) is -1.65. The van der Waals surface area contributed by atoms with Gasteiger partial charge in [0.25, 0.3) is 5.56 Å². The van der Waals surface area contributed by atoms with Crippen molar-refractivity contribution in [2.24, 2.45) is 0 Å². The van der Waals surface area contributed by atoms with Gasteiger partial charge in [-0.3, -0.25) is 9.78 Å². The van der Waals surface area contributed by atoms with Crippen LogP contribution in [0.4, 0.5) is 0 Å². The summed E-state index contributed by atoms with van der Waals surface area (Å²) in [5.74, 6) is 0. The zero-order valence-corrected chi connectivity index (χ0v) is 10.3. The Morgan fingerprint density at radius 1 is 1.22 bits per heavy atom. The van der Waals surface area contributed by atoms with Crippen LogP contribution in [0.2, 0.25) is 0 Å². The van der Waals surface area contributed by atoms with Crippen molar-refractivity contribution >= 4 is 10.0 Å². The van der Waals surface area contributed by atoms with Gasteiger partial charge in [0.15, 0.2) is 4.90 Å². The highest BCUT2D eigenvalue weighted by Crippen LogP contribution is 2.07.